The van der Waals surface area contributed by atoms with Gasteiger partial charge in [-0.25, -0.2) is 4.39 Å². The Kier molecular flexibility index (Phi) is 5.38. The molecular formula is C14H10ClF4NO2S. The Morgan fingerprint density at radius 1 is 1.22 bits per heavy atom. The molecule has 3 nitrogen and oxygen atoms in total. The zero-order valence-corrected chi connectivity index (χ0v) is 13.2. The number of rotatable bonds is 4. The van der Waals surface area contributed by atoms with E-state index in [1.807, 2.05) is 0 Å². The van der Waals surface area contributed by atoms with E-state index in [-0.39, 0.29) is 21.0 Å². The molecule has 124 valence electrons. The van der Waals surface area contributed by atoms with Gasteiger partial charge in [0.1, 0.15) is 12.0 Å². The Morgan fingerprint density at radius 2 is 1.83 bits per heavy atom. The number of alkyl halides is 4. The first-order chi connectivity index (χ1) is 10.7. The Hall–Kier alpha value is -1.51. The van der Waals surface area contributed by atoms with Crippen LogP contribution < -0.4 is 4.74 Å². The van der Waals surface area contributed by atoms with E-state index in [0.29, 0.717) is 0 Å². The van der Waals surface area contributed by atoms with Gasteiger partial charge in [0, 0.05) is 6.20 Å². The fourth-order valence-electron chi connectivity index (χ4n) is 1.91. The molecule has 0 fully saturated rings. The van der Waals surface area contributed by atoms with Crippen LogP contribution in [0.25, 0.3) is 0 Å². The predicted molar refractivity (Wildman–Crippen MR) is 77.7 cm³/mol. The lowest BCUT2D eigenvalue weighted by Gasteiger charge is -2.16. The molecule has 0 unspecified atom stereocenters. The van der Waals surface area contributed by atoms with Crippen LogP contribution in [0.15, 0.2) is 41.6 Å². The van der Waals surface area contributed by atoms with Gasteiger partial charge in [-0.15, -0.1) is 13.2 Å². The number of hydrogen-bond donors (Lipinski definition) is 0. The molecule has 0 aliphatic carbocycles. The molecular weight excluding hydrogens is 358 g/mol. The van der Waals surface area contributed by atoms with Gasteiger partial charge in [0.05, 0.1) is 16.8 Å². The van der Waals surface area contributed by atoms with E-state index in [1.54, 1.807) is 0 Å². The summed E-state index contributed by atoms with van der Waals surface area (Å²) in [4.78, 5) is 3.89. The average molecular weight is 368 g/mol. The van der Waals surface area contributed by atoms with E-state index in [2.05, 4.69) is 9.72 Å². The molecule has 0 saturated heterocycles. The molecule has 0 aliphatic heterocycles. The van der Waals surface area contributed by atoms with Crippen molar-refractivity contribution in [3.8, 4) is 5.75 Å². The van der Waals surface area contributed by atoms with Gasteiger partial charge >= 0.3 is 6.36 Å². The van der Waals surface area contributed by atoms with Crippen molar-refractivity contribution >= 4 is 22.8 Å². The molecule has 1 aromatic carbocycles. The van der Waals surface area contributed by atoms with Crippen molar-refractivity contribution in [2.24, 2.45) is 0 Å². The summed E-state index contributed by atoms with van der Waals surface area (Å²) in [6.45, 7) is 0. The first kappa shape index (κ1) is 17.8. The van der Waals surface area contributed by atoms with Crippen LogP contribution in [0.2, 0.25) is 5.02 Å². The topological polar surface area (TPSA) is 45.2 Å². The van der Waals surface area contributed by atoms with Gasteiger partial charge < -0.3 is 9.29 Å². The van der Waals surface area contributed by atoms with Crippen LogP contribution in [0.1, 0.15) is 17.3 Å². The number of hydrogen-bond acceptors (Lipinski definition) is 3. The minimum absolute atomic E-state index is 0.0131. The van der Waals surface area contributed by atoms with Gasteiger partial charge in [0.25, 0.3) is 0 Å². The second kappa shape index (κ2) is 6.94. The monoisotopic (exact) mass is 367 g/mol. The van der Waals surface area contributed by atoms with Crippen LogP contribution in [0.4, 0.5) is 17.6 Å². The van der Waals surface area contributed by atoms with Crippen LogP contribution in [0.3, 0.4) is 0 Å². The fourth-order valence-corrected chi connectivity index (χ4v) is 2.95. The largest absolute Gasteiger partial charge is 0.612 e. The van der Waals surface area contributed by atoms with Gasteiger partial charge in [-0.3, -0.25) is 4.98 Å². The molecule has 0 amide bonds. The molecule has 1 aromatic heterocycles. The van der Waals surface area contributed by atoms with Crippen LogP contribution in [-0.4, -0.2) is 22.2 Å². The molecule has 0 radical (unpaired) electrons. The third-order valence-corrected chi connectivity index (χ3v) is 4.12. The Bertz CT molecular complexity index is 679. The van der Waals surface area contributed by atoms with Gasteiger partial charge in [-0.2, -0.15) is 0 Å². The van der Waals surface area contributed by atoms with Crippen molar-refractivity contribution < 1.29 is 26.9 Å². The maximum absolute atomic E-state index is 14.7. The number of pyridine rings is 1. The second-order valence-corrected chi connectivity index (χ2v) is 6.22. The van der Waals surface area contributed by atoms with E-state index in [0.717, 1.165) is 24.3 Å². The van der Waals surface area contributed by atoms with Gasteiger partial charge in [0.15, 0.2) is 11.1 Å². The standard InChI is InChI=1S/C14H10ClF4NO2S/c1-23(21)11-7-20-6-10(15)12(11)13(16)8-2-4-9(5-3-8)22-14(17,18)19/h2-7,13H,1H3/t13-,23-/m0/s1. The highest BCUT2D eigenvalue weighted by molar-refractivity contribution is 7.90. The third-order valence-electron chi connectivity index (χ3n) is 2.87. The van der Waals surface area contributed by atoms with Crippen molar-refractivity contribution in [3.05, 3.63) is 52.8 Å². The summed E-state index contributed by atoms with van der Waals surface area (Å²) in [5.41, 5.74) is 0.0336. The second-order valence-electron chi connectivity index (χ2n) is 4.47. The summed E-state index contributed by atoms with van der Waals surface area (Å²) >= 11 is 4.40. The summed E-state index contributed by atoms with van der Waals surface area (Å²) in [6, 6.07) is 4.27. The molecule has 1 heterocycles. The lowest BCUT2D eigenvalue weighted by Crippen LogP contribution is -2.17. The van der Waals surface area contributed by atoms with Gasteiger partial charge in [0.2, 0.25) is 0 Å². The first-order valence-electron chi connectivity index (χ1n) is 6.15. The van der Waals surface area contributed by atoms with E-state index >= 15 is 0 Å². The summed E-state index contributed by atoms with van der Waals surface area (Å²) in [5, 5.41) is -0.0131. The highest BCUT2D eigenvalue weighted by atomic mass is 35.5. The smallest absolute Gasteiger partial charge is 0.573 e. The number of aromatic nitrogens is 1. The third kappa shape index (κ3) is 4.49. The van der Waals surface area contributed by atoms with Crippen molar-refractivity contribution in [3.63, 3.8) is 0 Å². The van der Waals surface area contributed by atoms with Crippen LogP contribution in [-0.2, 0) is 11.2 Å². The zero-order valence-electron chi connectivity index (χ0n) is 11.6. The first-order valence-corrected chi connectivity index (χ1v) is 8.09. The lowest BCUT2D eigenvalue weighted by atomic mass is 10.0. The molecule has 2 atom stereocenters. The summed E-state index contributed by atoms with van der Waals surface area (Å²) in [7, 11) is 0. The van der Waals surface area contributed by atoms with E-state index in [1.165, 1.54) is 18.6 Å². The summed E-state index contributed by atoms with van der Waals surface area (Å²) in [6.07, 6.45) is -2.78. The Labute approximate surface area is 137 Å². The molecule has 2 aromatic rings. The normalized spacial score (nSPS) is 14.4. The molecule has 0 saturated carbocycles. The summed E-state index contributed by atoms with van der Waals surface area (Å²) < 4.78 is 66.4. The van der Waals surface area contributed by atoms with Gasteiger partial charge in [-0.1, -0.05) is 23.7 Å². The molecule has 0 bridgehead atoms. The van der Waals surface area contributed by atoms with E-state index in [4.69, 9.17) is 11.6 Å². The SMILES string of the molecule is C[S@+]([O-])c1cncc(Cl)c1[C@@H](F)c1ccc(OC(F)(F)F)cc1. The minimum Gasteiger partial charge on any atom is -0.612 e. The quantitative estimate of drug-likeness (QED) is 0.593. The van der Waals surface area contributed by atoms with Crippen LogP contribution >= 0.6 is 11.6 Å². The number of nitrogens with zero attached hydrogens (tertiary/aromatic N) is 1. The zero-order chi connectivity index (χ0) is 17.2. The van der Waals surface area contributed by atoms with E-state index < -0.39 is 29.5 Å². The highest BCUT2D eigenvalue weighted by Crippen LogP contribution is 2.36. The fraction of sp³-hybridized carbons (Fsp3) is 0.214. The van der Waals surface area contributed by atoms with Crippen LogP contribution in [0.5, 0.6) is 5.75 Å². The van der Waals surface area contributed by atoms with Crippen molar-refractivity contribution in [1.82, 2.24) is 4.98 Å². The maximum atomic E-state index is 14.7. The molecule has 0 N–H and O–H groups in total. The predicted octanol–water partition coefficient (Wildman–Crippen LogP) is 4.43. The van der Waals surface area contributed by atoms with Crippen LogP contribution in [0, 0.1) is 0 Å². The van der Waals surface area contributed by atoms with Gasteiger partial charge in [-0.05, 0) is 28.9 Å². The van der Waals surface area contributed by atoms with E-state index in [9.17, 15) is 22.1 Å². The summed E-state index contributed by atoms with van der Waals surface area (Å²) in [5.74, 6) is -0.464. The Balaban J connectivity index is 2.33. The lowest BCUT2D eigenvalue weighted by molar-refractivity contribution is -0.274. The maximum Gasteiger partial charge on any atom is 0.573 e. The molecule has 0 aliphatic rings. The molecule has 9 heteroatoms. The molecule has 2 rings (SSSR count). The van der Waals surface area contributed by atoms with Crippen molar-refractivity contribution in [2.45, 2.75) is 17.4 Å². The number of benzene rings is 1. The van der Waals surface area contributed by atoms with Crippen molar-refractivity contribution in [2.75, 3.05) is 6.26 Å². The minimum atomic E-state index is -4.82. The Morgan fingerprint density at radius 3 is 2.35 bits per heavy atom. The molecule has 0 spiro atoms. The highest BCUT2D eigenvalue weighted by Gasteiger charge is 2.31. The average Bonchev–Trinajstić information content (AvgIpc) is 2.45. The molecule has 23 heavy (non-hydrogen) atoms. The van der Waals surface area contributed by atoms with Crippen molar-refractivity contribution in [1.29, 1.82) is 0 Å². The number of halogens is 5. The number of ether oxygens (including phenoxy) is 1.